The van der Waals surface area contributed by atoms with Crippen LogP contribution >= 0.6 is 0 Å². The normalized spacial score (nSPS) is 11.7. The summed E-state index contributed by atoms with van der Waals surface area (Å²) in [4.78, 5) is 15.9. The summed E-state index contributed by atoms with van der Waals surface area (Å²) in [5, 5.41) is 5.99. The Bertz CT molecular complexity index is 570. The lowest BCUT2D eigenvalue weighted by molar-refractivity contribution is -0.115. The third-order valence-corrected chi connectivity index (χ3v) is 3.13. The van der Waals surface area contributed by atoms with Crippen LogP contribution in [0.3, 0.4) is 0 Å². The molecule has 1 heterocycles. The highest BCUT2D eigenvalue weighted by molar-refractivity contribution is 5.92. The van der Waals surface area contributed by atoms with Crippen molar-refractivity contribution in [3.8, 4) is 5.75 Å². The molecular formula is C16H19N3O2. The number of nitrogens with one attached hydrogen (secondary N) is 2. The highest BCUT2D eigenvalue weighted by Gasteiger charge is 2.08. The molecule has 0 aliphatic rings. The molecule has 21 heavy (non-hydrogen) atoms. The van der Waals surface area contributed by atoms with Gasteiger partial charge in [-0.05, 0) is 42.8 Å². The summed E-state index contributed by atoms with van der Waals surface area (Å²) in [6, 6.07) is 11.2. The summed E-state index contributed by atoms with van der Waals surface area (Å²) in [7, 11) is 1.61. The number of carbonyl (C=O) groups excluding carboxylic acids is 1. The number of methoxy groups -OCH3 is 1. The summed E-state index contributed by atoms with van der Waals surface area (Å²) >= 11 is 0. The van der Waals surface area contributed by atoms with Crippen LogP contribution in [0.4, 0.5) is 5.69 Å². The van der Waals surface area contributed by atoms with Gasteiger partial charge in [-0.3, -0.25) is 9.78 Å². The van der Waals surface area contributed by atoms with Crippen molar-refractivity contribution in [3.63, 3.8) is 0 Å². The number of anilines is 1. The van der Waals surface area contributed by atoms with Crippen LogP contribution in [0, 0.1) is 0 Å². The maximum absolute atomic E-state index is 11.9. The van der Waals surface area contributed by atoms with Gasteiger partial charge in [0.1, 0.15) is 5.75 Å². The molecule has 1 aromatic carbocycles. The van der Waals surface area contributed by atoms with Crippen molar-refractivity contribution in [1.29, 1.82) is 0 Å². The topological polar surface area (TPSA) is 63.2 Å². The van der Waals surface area contributed by atoms with Crippen LogP contribution < -0.4 is 15.4 Å². The highest BCUT2D eigenvalue weighted by Crippen LogP contribution is 2.15. The Kier molecular flexibility index (Phi) is 5.29. The summed E-state index contributed by atoms with van der Waals surface area (Å²) in [6.45, 7) is 2.24. The number of ether oxygens (including phenoxy) is 1. The van der Waals surface area contributed by atoms with E-state index in [0.717, 1.165) is 17.0 Å². The van der Waals surface area contributed by atoms with Crippen LogP contribution in [0.2, 0.25) is 0 Å². The average molecular weight is 285 g/mol. The van der Waals surface area contributed by atoms with Crippen molar-refractivity contribution in [1.82, 2.24) is 10.3 Å². The van der Waals surface area contributed by atoms with E-state index in [1.165, 1.54) is 0 Å². The molecule has 2 N–H and O–H groups in total. The van der Waals surface area contributed by atoms with Crippen LogP contribution in [0.1, 0.15) is 18.5 Å². The zero-order valence-corrected chi connectivity index (χ0v) is 12.2. The van der Waals surface area contributed by atoms with E-state index in [1.54, 1.807) is 43.8 Å². The Hall–Kier alpha value is -2.40. The highest BCUT2D eigenvalue weighted by atomic mass is 16.5. The van der Waals surface area contributed by atoms with Crippen molar-refractivity contribution >= 4 is 11.6 Å². The Morgan fingerprint density at radius 2 is 2.05 bits per heavy atom. The molecule has 5 heteroatoms. The van der Waals surface area contributed by atoms with Gasteiger partial charge < -0.3 is 15.4 Å². The van der Waals surface area contributed by atoms with E-state index in [-0.39, 0.29) is 18.5 Å². The van der Waals surface area contributed by atoms with Gasteiger partial charge in [0.05, 0.1) is 13.7 Å². The molecule has 0 aliphatic heterocycles. The Morgan fingerprint density at radius 3 is 2.67 bits per heavy atom. The average Bonchev–Trinajstić information content (AvgIpc) is 2.54. The van der Waals surface area contributed by atoms with Crippen molar-refractivity contribution in [3.05, 3.63) is 54.4 Å². The zero-order valence-electron chi connectivity index (χ0n) is 12.2. The van der Waals surface area contributed by atoms with Gasteiger partial charge in [0, 0.05) is 24.1 Å². The molecule has 1 unspecified atom stereocenters. The smallest absolute Gasteiger partial charge is 0.238 e. The number of carbonyl (C=O) groups is 1. The maximum Gasteiger partial charge on any atom is 0.238 e. The molecule has 1 aromatic heterocycles. The lowest BCUT2D eigenvalue weighted by Gasteiger charge is -2.13. The van der Waals surface area contributed by atoms with Crippen LogP contribution in [-0.4, -0.2) is 24.5 Å². The van der Waals surface area contributed by atoms with Gasteiger partial charge in [-0.25, -0.2) is 0 Å². The Labute approximate surface area is 124 Å². The largest absolute Gasteiger partial charge is 0.497 e. The van der Waals surface area contributed by atoms with E-state index in [4.69, 9.17) is 4.74 Å². The summed E-state index contributed by atoms with van der Waals surface area (Å²) in [5.41, 5.74) is 1.80. The molecule has 1 amide bonds. The van der Waals surface area contributed by atoms with Gasteiger partial charge in [-0.1, -0.05) is 6.07 Å². The van der Waals surface area contributed by atoms with Crippen molar-refractivity contribution < 1.29 is 9.53 Å². The van der Waals surface area contributed by atoms with Gasteiger partial charge in [0.2, 0.25) is 5.91 Å². The van der Waals surface area contributed by atoms with Crippen LogP contribution in [0.15, 0.2) is 48.8 Å². The van der Waals surface area contributed by atoms with E-state index >= 15 is 0 Å². The number of amides is 1. The number of hydrogen-bond acceptors (Lipinski definition) is 4. The molecule has 2 rings (SSSR count). The second kappa shape index (κ2) is 7.40. The third kappa shape index (κ3) is 4.57. The first-order valence-corrected chi connectivity index (χ1v) is 6.76. The second-order valence-electron chi connectivity index (χ2n) is 4.67. The predicted octanol–water partition coefficient (Wildman–Crippen LogP) is 2.38. The molecule has 1 atom stereocenters. The molecule has 0 spiro atoms. The first kappa shape index (κ1) is 15.0. The standard InChI is InChI=1S/C16H19N3O2/c1-12(13-4-3-9-17-10-13)18-11-16(20)19-14-5-7-15(21-2)8-6-14/h3-10,12,18H,11H2,1-2H3,(H,19,20). The van der Waals surface area contributed by atoms with Gasteiger partial charge in [0.25, 0.3) is 0 Å². The minimum absolute atomic E-state index is 0.0697. The summed E-state index contributed by atoms with van der Waals surface area (Å²) in [5.74, 6) is 0.673. The van der Waals surface area contributed by atoms with Crippen molar-refractivity contribution in [2.75, 3.05) is 19.0 Å². The Morgan fingerprint density at radius 1 is 1.29 bits per heavy atom. The van der Waals surface area contributed by atoms with E-state index in [9.17, 15) is 4.79 Å². The van der Waals surface area contributed by atoms with Gasteiger partial charge in [0.15, 0.2) is 0 Å². The molecule has 2 aromatic rings. The van der Waals surface area contributed by atoms with Gasteiger partial charge >= 0.3 is 0 Å². The first-order valence-electron chi connectivity index (χ1n) is 6.76. The summed E-state index contributed by atoms with van der Waals surface area (Å²) < 4.78 is 5.07. The molecule has 110 valence electrons. The molecule has 0 saturated heterocycles. The lowest BCUT2D eigenvalue weighted by atomic mass is 10.1. The minimum Gasteiger partial charge on any atom is -0.497 e. The molecule has 0 bridgehead atoms. The van der Waals surface area contributed by atoms with E-state index in [0.29, 0.717) is 0 Å². The monoisotopic (exact) mass is 285 g/mol. The van der Waals surface area contributed by atoms with Crippen molar-refractivity contribution in [2.45, 2.75) is 13.0 Å². The molecular weight excluding hydrogens is 266 g/mol. The molecule has 0 aliphatic carbocycles. The van der Waals surface area contributed by atoms with E-state index in [1.807, 2.05) is 19.1 Å². The van der Waals surface area contributed by atoms with Crippen molar-refractivity contribution in [2.24, 2.45) is 0 Å². The first-order chi connectivity index (χ1) is 10.2. The van der Waals surface area contributed by atoms with E-state index < -0.39 is 0 Å². The van der Waals surface area contributed by atoms with Crippen LogP contribution in [-0.2, 0) is 4.79 Å². The van der Waals surface area contributed by atoms with E-state index in [2.05, 4.69) is 15.6 Å². The third-order valence-electron chi connectivity index (χ3n) is 3.13. The van der Waals surface area contributed by atoms with Crippen LogP contribution in [0.25, 0.3) is 0 Å². The fourth-order valence-corrected chi connectivity index (χ4v) is 1.88. The number of hydrogen-bond donors (Lipinski definition) is 2. The molecule has 0 radical (unpaired) electrons. The number of rotatable bonds is 6. The molecule has 0 fully saturated rings. The fraction of sp³-hybridized carbons (Fsp3) is 0.250. The Balaban J connectivity index is 1.81. The molecule has 5 nitrogen and oxygen atoms in total. The number of pyridine rings is 1. The summed E-state index contributed by atoms with van der Waals surface area (Å²) in [6.07, 6.45) is 3.52. The SMILES string of the molecule is COc1ccc(NC(=O)CNC(C)c2cccnc2)cc1. The zero-order chi connectivity index (χ0) is 15.1. The van der Waals surface area contributed by atoms with Crippen LogP contribution in [0.5, 0.6) is 5.75 Å². The maximum atomic E-state index is 11.9. The number of aromatic nitrogens is 1. The number of nitrogens with zero attached hydrogens (tertiary/aromatic N) is 1. The number of benzene rings is 1. The van der Waals surface area contributed by atoms with Gasteiger partial charge in [-0.2, -0.15) is 0 Å². The fourth-order valence-electron chi connectivity index (χ4n) is 1.88. The lowest BCUT2D eigenvalue weighted by Crippen LogP contribution is -2.30. The molecule has 0 saturated carbocycles. The quantitative estimate of drug-likeness (QED) is 0.855. The predicted molar refractivity (Wildman–Crippen MR) is 82.3 cm³/mol. The second-order valence-corrected chi connectivity index (χ2v) is 4.67. The minimum atomic E-state index is -0.0871. The van der Waals surface area contributed by atoms with Gasteiger partial charge in [-0.15, -0.1) is 0 Å².